The molecule has 1 rings (SSSR count). The standard InChI is InChI=1S/C18H30N2O4/c1-4-14(3)17(12-21)20-18(22)19-16-8-6-7-15(11-16)13-24-10-9-23-5-2/h6-8,11,14,17,21H,4-5,9-10,12-13H2,1-3H3,(H2,19,20,22). The van der Waals surface area contributed by atoms with E-state index in [0.29, 0.717) is 32.1 Å². The SMILES string of the molecule is CCOCCOCc1cccc(NC(=O)NC(CO)C(C)CC)c1. The molecular weight excluding hydrogens is 308 g/mol. The Morgan fingerprint density at radius 1 is 1.25 bits per heavy atom. The zero-order valence-corrected chi connectivity index (χ0v) is 14.9. The van der Waals surface area contributed by atoms with Crippen LogP contribution >= 0.6 is 0 Å². The quantitative estimate of drug-likeness (QED) is 0.542. The van der Waals surface area contributed by atoms with E-state index in [4.69, 9.17) is 9.47 Å². The number of urea groups is 1. The van der Waals surface area contributed by atoms with E-state index in [0.717, 1.165) is 12.0 Å². The summed E-state index contributed by atoms with van der Waals surface area (Å²) in [6.45, 7) is 8.18. The van der Waals surface area contributed by atoms with Gasteiger partial charge in [-0.15, -0.1) is 0 Å². The molecule has 0 radical (unpaired) electrons. The van der Waals surface area contributed by atoms with E-state index in [-0.39, 0.29) is 24.6 Å². The fourth-order valence-electron chi connectivity index (χ4n) is 2.18. The molecule has 0 aromatic heterocycles. The van der Waals surface area contributed by atoms with Gasteiger partial charge in [-0.25, -0.2) is 4.79 Å². The highest BCUT2D eigenvalue weighted by Crippen LogP contribution is 2.12. The highest BCUT2D eigenvalue weighted by molar-refractivity contribution is 5.89. The van der Waals surface area contributed by atoms with Crippen molar-refractivity contribution in [3.63, 3.8) is 0 Å². The molecular formula is C18H30N2O4. The van der Waals surface area contributed by atoms with Gasteiger partial charge in [0.05, 0.1) is 32.5 Å². The van der Waals surface area contributed by atoms with Crippen molar-refractivity contribution in [2.24, 2.45) is 5.92 Å². The summed E-state index contributed by atoms with van der Waals surface area (Å²) in [5.41, 5.74) is 1.67. The fraction of sp³-hybridized carbons (Fsp3) is 0.611. The summed E-state index contributed by atoms with van der Waals surface area (Å²) in [4.78, 5) is 12.1. The summed E-state index contributed by atoms with van der Waals surface area (Å²) in [6, 6.07) is 6.94. The van der Waals surface area contributed by atoms with Gasteiger partial charge in [-0.3, -0.25) is 0 Å². The van der Waals surface area contributed by atoms with E-state index in [1.54, 1.807) is 0 Å². The summed E-state index contributed by atoms with van der Waals surface area (Å²) in [7, 11) is 0. The third kappa shape index (κ3) is 7.77. The molecule has 2 amide bonds. The van der Waals surface area contributed by atoms with E-state index in [1.165, 1.54) is 0 Å². The summed E-state index contributed by atoms with van der Waals surface area (Å²) < 4.78 is 10.7. The minimum Gasteiger partial charge on any atom is -0.394 e. The Morgan fingerprint density at radius 2 is 2.00 bits per heavy atom. The molecule has 0 saturated carbocycles. The van der Waals surface area contributed by atoms with Crippen LogP contribution in [0.1, 0.15) is 32.8 Å². The lowest BCUT2D eigenvalue weighted by Crippen LogP contribution is -2.43. The second-order valence-electron chi connectivity index (χ2n) is 5.72. The molecule has 0 fully saturated rings. The molecule has 6 nitrogen and oxygen atoms in total. The Hall–Kier alpha value is -1.63. The van der Waals surface area contributed by atoms with Gasteiger partial charge in [-0.1, -0.05) is 32.4 Å². The third-order valence-electron chi connectivity index (χ3n) is 3.87. The lowest BCUT2D eigenvalue weighted by atomic mass is 10.0. The minimum absolute atomic E-state index is 0.0733. The first kappa shape index (κ1) is 20.4. The molecule has 0 spiro atoms. The highest BCUT2D eigenvalue weighted by atomic mass is 16.5. The van der Waals surface area contributed by atoms with E-state index >= 15 is 0 Å². The van der Waals surface area contributed by atoms with Crippen LogP contribution < -0.4 is 10.6 Å². The average Bonchev–Trinajstić information content (AvgIpc) is 2.59. The zero-order valence-electron chi connectivity index (χ0n) is 14.9. The number of rotatable bonds is 11. The van der Waals surface area contributed by atoms with Gasteiger partial charge in [0, 0.05) is 12.3 Å². The van der Waals surface area contributed by atoms with Gasteiger partial charge >= 0.3 is 6.03 Å². The predicted octanol–water partition coefficient (Wildman–Crippen LogP) is 2.77. The van der Waals surface area contributed by atoms with Gasteiger partial charge < -0.3 is 25.2 Å². The van der Waals surface area contributed by atoms with Gasteiger partial charge in [-0.2, -0.15) is 0 Å². The summed E-state index contributed by atoms with van der Waals surface area (Å²) in [5.74, 6) is 0.214. The number of nitrogens with one attached hydrogen (secondary N) is 2. The average molecular weight is 338 g/mol. The van der Waals surface area contributed by atoms with Crippen LogP contribution in [0.3, 0.4) is 0 Å². The molecule has 0 aliphatic carbocycles. The maximum atomic E-state index is 12.1. The van der Waals surface area contributed by atoms with Gasteiger partial charge in [0.2, 0.25) is 0 Å². The third-order valence-corrected chi connectivity index (χ3v) is 3.87. The molecule has 6 heteroatoms. The Bertz CT molecular complexity index is 482. The largest absolute Gasteiger partial charge is 0.394 e. The van der Waals surface area contributed by atoms with Crippen molar-refractivity contribution >= 4 is 11.7 Å². The molecule has 0 heterocycles. The number of aliphatic hydroxyl groups is 1. The number of carbonyl (C=O) groups is 1. The molecule has 1 aromatic carbocycles. The van der Waals surface area contributed by atoms with Crippen LogP contribution in [0, 0.1) is 5.92 Å². The summed E-state index contributed by atoms with van der Waals surface area (Å²) in [6.07, 6.45) is 0.889. The van der Waals surface area contributed by atoms with Crippen molar-refractivity contribution in [3.8, 4) is 0 Å². The molecule has 2 unspecified atom stereocenters. The van der Waals surface area contributed by atoms with Crippen LogP contribution in [0.4, 0.5) is 10.5 Å². The topological polar surface area (TPSA) is 79.8 Å². The maximum absolute atomic E-state index is 12.1. The van der Waals surface area contributed by atoms with E-state index in [9.17, 15) is 9.90 Å². The summed E-state index contributed by atoms with van der Waals surface area (Å²) >= 11 is 0. The molecule has 3 N–H and O–H groups in total. The first-order chi connectivity index (χ1) is 11.6. The van der Waals surface area contributed by atoms with Crippen molar-refractivity contribution in [3.05, 3.63) is 29.8 Å². The number of anilines is 1. The molecule has 0 bridgehead atoms. The molecule has 24 heavy (non-hydrogen) atoms. The predicted molar refractivity (Wildman–Crippen MR) is 95.1 cm³/mol. The second-order valence-corrected chi connectivity index (χ2v) is 5.72. The van der Waals surface area contributed by atoms with Crippen LogP contribution in [0.25, 0.3) is 0 Å². The molecule has 0 saturated heterocycles. The molecule has 2 atom stereocenters. The van der Waals surface area contributed by atoms with E-state index < -0.39 is 0 Å². The number of hydrogen-bond donors (Lipinski definition) is 3. The molecule has 0 aliphatic rings. The fourth-order valence-corrected chi connectivity index (χ4v) is 2.18. The molecule has 1 aromatic rings. The van der Waals surface area contributed by atoms with Crippen molar-refractivity contribution in [2.75, 3.05) is 31.7 Å². The van der Waals surface area contributed by atoms with Crippen LogP contribution in [0.5, 0.6) is 0 Å². The number of amides is 2. The van der Waals surface area contributed by atoms with Crippen molar-refractivity contribution in [2.45, 2.75) is 39.8 Å². The monoisotopic (exact) mass is 338 g/mol. The van der Waals surface area contributed by atoms with Gasteiger partial charge in [0.15, 0.2) is 0 Å². The van der Waals surface area contributed by atoms with Crippen LogP contribution in [0.15, 0.2) is 24.3 Å². The van der Waals surface area contributed by atoms with Crippen LogP contribution in [-0.2, 0) is 16.1 Å². The second kappa shape index (κ2) is 11.8. The number of benzene rings is 1. The van der Waals surface area contributed by atoms with Crippen molar-refractivity contribution < 1.29 is 19.4 Å². The minimum atomic E-state index is -0.316. The smallest absolute Gasteiger partial charge is 0.319 e. The van der Waals surface area contributed by atoms with Crippen LogP contribution in [0.2, 0.25) is 0 Å². The first-order valence-electron chi connectivity index (χ1n) is 8.53. The van der Waals surface area contributed by atoms with Crippen molar-refractivity contribution in [1.82, 2.24) is 5.32 Å². The lowest BCUT2D eigenvalue weighted by Gasteiger charge is -2.22. The number of hydrogen-bond acceptors (Lipinski definition) is 4. The Balaban J connectivity index is 2.46. The Labute approximate surface area is 144 Å². The zero-order chi connectivity index (χ0) is 17.8. The number of ether oxygens (including phenoxy) is 2. The normalized spacial score (nSPS) is 13.3. The first-order valence-corrected chi connectivity index (χ1v) is 8.53. The van der Waals surface area contributed by atoms with Gasteiger partial charge in [-0.05, 0) is 30.5 Å². The lowest BCUT2D eigenvalue weighted by molar-refractivity contribution is 0.0453. The van der Waals surface area contributed by atoms with E-state index in [1.807, 2.05) is 45.0 Å². The number of aliphatic hydroxyl groups excluding tert-OH is 1. The van der Waals surface area contributed by atoms with Gasteiger partial charge in [0.25, 0.3) is 0 Å². The number of carbonyl (C=O) groups excluding carboxylic acids is 1. The van der Waals surface area contributed by atoms with Crippen LogP contribution in [-0.4, -0.2) is 43.6 Å². The summed E-state index contributed by atoms with van der Waals surface area (Å²) in [5, 5.41) is 15.0. The highest BCUT2D eigenvalue weighted by Gasteiger charge is 2.17. The van der Waals surface area contributed by atoms with Crippen molar-refractivity contribution in [1.29, 1.82) is 0 Å². The maximum Gasteiger partial charge on any atom is 0.319 e. The molecule has 0 aliphatic heterocycles. The Morgan fingerprint density at radius 3 is 2.67 bits per heavy atom. The van der Waals surface area contributed by atoms with E-state index in [2.05, 4.69) is 10.6 Å². The molecule has 136 valence electrons. The Kier molecular flexibility index (Phi) is 10.1. The van der Waals surface area contributed by atoms with Gasteiger partial charge in [0.1, 0.15) is 0 Å².